The fraction of sp³-hybridized carbons (Fsp3) is 0.714. The standard InChI is InChI=1S/C14H23N5/c1-10-16-13(15-2)9-14(17-10)18-11-6-8-19-7-4-3-5-12(11)19/h9,11-12H,3-8H2,1-2H3,(H2,15,16,17,18). The Balaban J connectivity index is 1.72. The number of fused-ring (bicyclic) bond motifs is 1. The van der Waals surface area contributed by atoms with Gasteiger partial charge in [0.05, 0.1) is 0 Å². The van der Waals surface area contributed by atoms with Crippen molar-refractivity contribution in [2.75, 3.05) is 30.8 Å². The maximum Gasteiger partial charge on any atom is 0.132 e. The van der Waals surface area contributed by atoms with E-state index in [0.29, 0.717) is 12.1 Å². The third kappa shape index (κ3) is 2.66. The second kappa shape index (κ2) is 5.33. The Hall–Kier alpha value is -1.36. The van der Waals surface area contributed by atoms with Crippen molar-refractivity contribution in [2.24, 2.45) is 0 Å². The van der Waals surface area contributed by atoms with Gasteiger partial charge in [-0.25, -0.2) is 9.97 Å². The molecule has 19 heavy (non-hydrogen) atoms. The van der Waals surface area contributed by atoms with Gasteiger partial charge in [0.15, 0.2) is 0 Å². The van der Waals surface area contributed by atoms with Crippen molar-refractivity contribution in [1.29, 1.82) is 0 Å². The molecule has 5 nitrogen and oxygen atoms in total. The topological polar surface area (TPSA) is 53.1 Å². The molecule has 2 atom stereocenters. The first-order chi connectivity index (χ1) is 9.26. The van der Waals surface area contributed by atoms with E-state index in [1.54, 1.807) is 0 Å². The molecule has 2 aliphatic rings. The second-order valence-electron chi connectivity index (χ2n) is 5.57. The molecule has 0 aliphatic carbocycles. The molecule has 2 unspecified atom stereocenters. The number of nitrogens with one attached hydrogen (secondary N) is 2. The molecule has 2 saturated heterocycles. The number of aromatic nitrogens is 2. The summed E-state index contributed by atoms with van der Waals surface area (Å²) in [5, 5.41) is 6.71. The number of aryl methyl sites for hydroxylation is 1. The SMILES string of the molecule is CNc1cc(NC2CCN3CCCCC23)nc(C)n1. The molecule has 0 aromatic carbocycles. The normalized spacial score (nSPS) is 27.1. The Labute approximate surface area is 114 Å². The monoisotopic (exact) mass is 261 g/mol. The van der Waals surface area contributed by atoms with E-state index in [2.05, 4.69) is 25.5 Å². The van der Waals surface area contributed by atoms with Crippen LogP contribution in [0.2, 0.25) is 0 Å². The van der Waals surface area contributed by atoms with Crippen molar-refractivity contribution in [1.82, 2.24) is 14.9 Å². The lowest BCUT2D eigenvalue weighted by Gasteiger charge is -2.32. The predicted molar refractivity (Wildman–Crippen MR) is 77.6 cm³/mol. The molecule has 1 aromatic rings. The van der Waals surface area contributed by atoms with E-state index in [-0.39, 0.29) is 0 Å². The third-order valence-corrected chi connectivity index (χ3v) is 4.28. The molecular weight excluding hydrogens is 238 g/mol. The van der Waals surface area contributed by atoms with Gasteiger partial charge in [-0.1, -0.05) is 6.42 Å². The lowest BCUT2D eigenvalue weighted by atomic mass is 9.99. The average molecular weight is 261 g/mol. The molecule has 2 fully saturated rings. The van der Waals surface area contributed by atoms with Crippen molar-refractivity contribution in [3.8, 4) is 0 Å². The van der Waals surface area contributed by atoms with Crippen LogP contribution in [0.25, 0.3) is 0 Å². The smallest absolute Gasteiger partial charge is 0.132 e. The number of rotatable bonds is 3. The van der Waals surface area contributed by atoms with Gasteiger partial charge in [-0.05, 0) is 32.7 Å². The van der Waals surface area contributed by atoms with Gasteiger partial charge in [-0.2, -0.15) is 0 Å². The minimum absolute atomic E-state index is 0.541. The maximum absolute atomic E-state index is 4.50. The number of hydrogen-bond acceptors (Lipinski definition) is 5. The minimum atomic E-state index is 0.541. The van der Waals surface area contributed by atoms with Crippen LogP contribution in [0.5, 0.6) is 0 Å². The highest BCUT2D eigenvalue weighted by molar-refractivity contribution is 5.48. The maximum atomic E-state index is 4.50. The predicted octanol–water partition coefficient (Wildman–Crippen LogP) is 1.87. The third-order valence-electron chi connectivity index (χ3n) is 4.28. The van der Waals surface area contributed by atoms with Crippen LogP contribution in [0.3, 0.4) is 0 Å². The van der Waals surface area contributed by atoms with Crippen molar-refractivity contribution < 1.29 is 0 Å². The van der Waals surface area contributed by atoms with Crippen LogP contribution in [0.4, 0.5) is 11.6 Å². The van der Waals surface area contributed by atoms with E-state index >= 15 is 0 Å². The molecule has 0 amide bonds. The van der Waals surface area contributed by atoms with Gasteiger partial charge in [-0.15, -0.1) is 0 Å². The van der Waals surface area contributed by atoms with Crippen LogP contribution >= 0.6 is 0 Å². The minimum Gasteiger partial charge on any atom is -0.373 e. The quantitative estimate of drug-likeness (QED) is 0.870. The van der Waals surface area contributed by atoms with Crippen LogP contribution in [0, 0.1) is 6.92 Å². The first kappa shape index (κ1) is 12.7. The summed E-state index contributed by atoms with van der Waals surface area (Å²) in [4.78, 5) is 11.5. The summed E-state index contributed by atoms with van der Waals surface area (Å²) in [6.45, 7) is 4.44. The highest BCUT2D eigenvalue weighted by Crippen LogP contribution is 2.29. The van der Waals surface area contributed by atoms with Gasteiger partial charge in [-0.3, -0.25) is 4.90 Å². The zero-order valence-corrected chi connectivity index (χ0v) is 11.8. The summed E-state index contributed by atoms with van der Waals surface area (Å²) in [6, 6.07) is 3.24. The number of hydrogen-bond donors (Lipinski definition) is 2. The molecule has 0 saturated carbocycles. The fourth-order valence-corrected chi connectivity index (χ4v) is 3.38. The Morgan fingerprint density at radius 1 is 1.16 bits per heavy atom. The van der Waals surface area contributed by atoms with Gasteiger partial charge in [0, 0.05) is 31.7 Å². The van der Waals surface area contributed by atoms with Crippen molar-refractivity contribution in [3.63, 3.8) is 0 Å². The van der Waals surface area contributed by atoms with E-state index in [9.17, 15) is 0 Å². The summed E-state index contributed by atoms with van der Waals surface area (Å²) in [5.41, 5.74) is 0. The van der Waals surface area contributed by atoms with Crippen molar-refractivity contribution >= 4 is 11.6 Å². The number of piperidine rings is 1. The van der Waals surface area contributed by atoms with Gasteiger partial charge < -0.3 is 10.6 Å². The molecule has 1 aromatic heterocycles. The molecular formula is C14H23N5. The van der Waals surface area contributed by atoms with E-state index in [1.165, 1.54) is 38.8 Å². The fourth-order valence-electron chi connectivity index (χ4n) is 3.38. The van der Waals surface area contributed by atoms with Crippen molar-refractivity contribution in [3.05, 3.63) is 11.9 Å². The van der Waals surface area contributed by atoms with Gasteiger partial charge in [0.1, 0.15) is 17.5 Å². The van der Waals surface area contributed by atoms with Crippen LogP contribution in [0.15, 0.2) is 6.07 Å². The number of nitrogens with zero attached hydrogens (tertiary/aromatic N) is 3. The van der Waals surface area contributed by atoms with Gasteiger partial charge >= 0.3 is 0 Å². The Bertz CT molecular complexity index is 447. The zero-order valence-electron chi connectivity index (χ0n) is 11.8. The Morgan fingerprint density at radius 2 is 2.00 bits per heavy atom. The molecule has 0 radical (unpaired) electrons. The summed E-state index contributed by atoms with van der Waals surface area (Å²) >= 11 is 0. The molecule has 104 valence electrons. The molecule has 0 bridgehead atoms. The van der Waals surface area contributed by atoms with E-state index in [1.807, 2.05) is 20.0 Å². The first-order valence-electron chi connectivity index (χ1n) is 7.30. The molecule has 2 aliphatic heterocycles. The lowest BCUT2D eigenvalue weighted by molar-refractivity contribution is 0.192. The molecule has 0 spiro atoms. The number of anilines is 2. The van der Waals surface area contributed by atoms with Crippen molar-refractivity contribution in [2.45, 2.75) is 44.7 Å². The zero-order chi connectivity index (χ0) is 13.2. The summed E-state index contributed by atoms with van der Waals surface area (Å²) < 4.78 is 0. The highest BCUT2D eigenvalue weighted by atomic mass is 15.2. The molecule has 3 rings (SSSR count). The van der Waals surface area contributed by atoms with Gasteiger partial charge in [0.2, 0.25) is 0 Å². The average Bonchev–Trinajstić information content (AvgIpc) is 2.82. The molecule has 3 heterocycles. The summed E-state index contributed by atoms with van der Waals surface area (Å²) in [7, 11) is 1.89. The van der Waals surface area contributed by atoms with Crippen LogP contribution in [0.1, 0.15) is 31.5 Å². The van der Waals surface area contributed by atoms with Crippen LogP contribution < -0.4 is 10.6 Å². The van der Waals surface area contributed by atoms with Crippen LogP contribution in [-0.4, -0.2) is 47.1 Å². The van der Waals surface area contributed by atoms with Crippen LogP contribution in [-0.2, 0) is 0 Å². The largest absolute Gasteiger partial charge is 0.373 e. The molecule has 2 N–H and O–H groups in total. The highest BCUT2D eigenvalue weighted by Gasteiger charge is 2.35. The summed E-state index contributed by atoms with van der Waals surface area (Å²) in [6.07, 6.45) is 5.27. The second-order valence-corrected chi connectivity index (χ2v) is 5.57. The van der Waals surface area contributed by atoms with E-state index in [0.717, 1.165) is 17.5 Å². The Morgan fingerprint density at radius 3 is 2.84 bits per heavy atom. The Kier molecular flexibility index (Phi) is 3.55. The van der Waals surface area contributed by atoms with E-state index < -0.39 is 0 Å². The van der Waals surface area contributed by atoms with E-state index in [4.69, 9.17) is 0 Å². The van der Waals surface area contributed by atoms with Gasteiger partial charge in [0.25, 0.3) is 0 Å². The lowest BCUT2D eigenvalue weighted by Crippen LogP contribution is -2.41. The summed E-state index contributed by atoms with van der Waals surface area (Å²) in [5.74, 6) is 2.65. The first-order valence-corrected chi connectivity index (χ1v) is 7.30. The molecule has 5 heteroatoms.